The van der Waals surface area contributed by atoms with Crippen LogP contribution in [0.4, 0.5) is 0 Å². The average molecular weight is 238 g/mol. The molecule has 2 rings (SSSR count). The molecule has 1 N–H and O–H groups in total. The molecule has 0 heterocycles. The zero-order chi connectivity index (χ0) is 12.8. The smallest absolute Gasteiger partial charge is 0.0893 e. The molecule has 0 fully saturated rings. The Morgan fingerprint density at radius 3 is 1.83 bits per heavy atom. The lowest BCUT2D eigenvalue weighted by atomic mass is 9.89. The Kier molecular flexibility index (Phi) is 4.32. The number of aliphatic hydroxyl groups is 1. The van der Waals surface area contributed by atoms with E-state index in [0.29, 0.717) is 0 Å². The summed E-state index contributed by atoms with van der Waals surface area (Å²) in [4.78, 5) is 0. The maximum absolute atomic E-state index is 10.5. The van der Waals surface area contributed by atoms with Gasteiger partial charge in [0, 0.05) is 5.92 Å². The summed E-state index contributed by atoms with van der Waals surface area (Å²) in [6.45, 7) is 1.98. The van der Waals surface area contributed by atoms with Crippen LogP contribution in [-0.4, -0.2) is 5.11 Å². The van der Waals surface area contributed by atoms with Crippen LogP contribution in [0.15, 0.2) is 72.8 Å². The summed E-state index contributed by atoms with van der Waals surface area (Å²) in [7, 11) is 0. The summed E-state index contributed by atoms with van der Waals surface area (Å²) in [5.41, 5.74) is 2.08. The summed E-state index contributed by atoms with van der Waals surface area (Å²) in [5.74, 6) is -0.00130. The zero-order valence-corrected chi connectivity index (χ0v) is 10.5. The minimum Gasteiger partial charge on any atom is -0.387 e. The Morgan fingerprint density at radius 1 is 0.833 bits per heavy atom. The van der Waals surface area contributed by atoms with Crippen molar-refractivity contribution in [1.82, 2.24) is 0 Å². The molecule has 0 unspecified atom stereocenters. The standard InChI is InChI=1S/C17H18O/c1-2-9-16(14-10-5-3-6-11-14)17(18)15-12-7-4-8-13-15/h2-13,16-18H,1H3/t16-,17+/m1/s1. The molecule has 1 heteroatoms. The molecule has 0 spiro atoms. The third kappa shape index (κ3) is 2.88. The van der Waals surface area contributed by atoms with Crippen LogP contribution in [0.1, 0.15) is 30.1 Å². The van der Waals surface area contributed by atoms with E-state index in [-0.39, 0.29) is 5.92 Å². The predicted octanol–water partition coefficient (Wildman–Crippen LogP) is 4.08. The van der Waals surface area contributed by atoms with Crippen molar-refractivity contribution in [3.63, 3.8) is 0 Å². The maximum atomic E-state index is 10.5. The van der Waals surface area contributed by atoms with Crippen LogP contribution in [0.5, 0.6) is 0 Å². The summed E-state index contributed by atoms with van der Waals surface area (Å²) in [6.07, 6.45) is 3.53. The molecule has 2 aromatic rings. The van der Waals surface area contributed by atoms with Gasteiger partial charge in [0.1, 0.15) is 0 Å². The molecule has 0 aliphatic carbocycles. The first-order valence-corrected chi connectivity index (χ1v) is 6.23. The number of allylic oxidation sites excluding steroid dienone is 1. The molecule has 0 saturated carbocycles. The number of hydrogen-bond donors (Lipinski definition) is 1. The lowest BCUT2D eigenvalue weighted by Gasteiger charge is -2.20. The largest absolute Gasteiger partial charge is 0.387 e. The second-order valence-corrected chi connectivity index (χ2v) is 4.32. The molecular weight excluding hydrogens is 220 g/mol. The third-order valence-electron chi connectivity index (χ3n) is 3.07. The van der Waals surface area contributed by atoms with Crippen LogP contribution < -0.4 is 0 Å². The van der Waals surface area contributed by atoms with Crippen molar-refractivity contribution in [3.05, 3.63) is 83.9 Å². The Hall–Kier alpha value is -1.86. The van der Waals surface area contributed by atoms with Crippen LogP contribution in [0, 0.1) is 0 Å². The number of benzene rings is 2. The minimum atomic E-state index is -0.509. The molecule has 0 saturated heterocycles. The highest BCUT2D eigenvalue weighted by Gasteiger charge is 2.19. The van der Waals surface area contributed by atoms with Gasteiger partial charge in [-0.15, -0.1) is 0 Å². The van der Waals surface area contributed by atoms with Gasteiger partial charge in [0.05, 0.1) is 6.10 Å². The maximum Gasteiger partial charge on any atom is 0.0893 e. The van der Waals surface area contributed by atoms with Crippen LogP contribution in [0.2, 0.25) is 0 Å². The highest BCUT2D eigenvalue weighted by atomic mass is 16.3. The fourth-order valence-electron chi connectivity index (χ4n) is 2.14. The molecule has 0 radical (unpaired) electrons. The topological polar surface area (TPSA) is 20.2 Å². The lowest BCUT2D eigenvalue weighted by Crippen LogP contribution is -2.08. The second-order valence-electron chi connectivity index (χ2n) is 4.32. The highest BCUT2D eigenvalue weighted by Crippen LogP contribution is 2.31. The van der Waals surface area contributed by atoms with Gasteiger partial charge in [-0.3, -0.25) is 0 Å². The number of aliphatic hydroxyl groups excluding tert-OH is 1. The Balaban J connectivity index is 2.32. The Morgan fingerprint density at radius 2 is 1.33 bits per heavy atom. The van der Waals surface area contributed by atoms with E-state index in [1.54, 1.807) is 0 Å². The summed E-state index contributed by atoms with van der Waals surface area (Å²) < 4.78 is 0. The quantitative estimate of drug-likeness (QED) is 0.796. The van der Waals surface area contributed by atoms with Gasteiger partial charge in [0.25, 0.3) is 0 Å². The molecule has 18 heavy (non-hydrogen) atoms. The molecule has 1 nitrogen and oxygen atoms in total. The van der Waals surface area contributed by atoms with E-state index in [1.807, 2.05) is 67.6 Å². The van der Waals surface area contributed by atoms with Crippen LogP contribution in [0.3, 0.4) is 0 Å². The van der Waals surface area contributed by atoms with Crippen molar-refractivity contribution < 1.29 is 5.11 Å². The van der Waals surface area contributed by atoms with E-state index >= 15 is 0 Å². The van der Waals surface area contributed by atoms with Gasteiger partial charge in [-0.1, -0.05) is 72.8 Å². The molecule has 0 aliphatic heterocycles. The summed E-state index contributed by atoms with van der Waals surface area (Å²) in [5, 5.41) is 10.5. The fourth-order valence-corrected chi connectivity index (χ4v) is 2.14. The van der Waals surface area contributed by atoms with Crippen molar-refractivity contribution in [2.45, 2.75) is 18.9 Å². The first kappa shape index (κ1) is 12.6. The third-order valence-corrected chi connectivity index (χ3v) is 3.07. The van der Waals surface area contributed by atoms with E-state index in [1.165, 1.54) is 0 Å². The fraction of sp³-hybridized carbons (Fsp3) is 0.176. The van der Waals surface area contributed by atoms with Gasteiger partial charge in [0.2, 0.25) is 0 Å². The van der Waals surface area contributed by atoms with E-state index in [2.05, 4.69) is 12.1 Å². The van der Waals surface area contributed by atoms with Crippen molar-refractivity contribution in [2.75, 3.05) is 0 Å². The van der Waals surface area contributed by atoms with E-state index in [9.17, 15) is 5.11 Å². The molecule has 92 valence electrons. The normalized spacial score (nSPS) is 14.6. The van der Waals surface area contributed by atoms with Crippen LogP contribution in [-0.2, 0) is 0 Å². The van der Waals surface area contributed by atoms with Gasteiger partial charge in [-0.2, -0.15) is 0 Å². The second kappa shape index (κ2) is 6.18. The SMILES string of the molecule is CC=C[C@H](c1ccccc1)[C@@H](O)c1ccccc1. The molecule has 0 bridgehead atoms. The molecule has 0 aliphatic rings. The van der Waals surface area contributed by atoms with Gasteiger partial charge < -0.3 is 5.11 Å². The molecule has 2 aromatic carbocycles. The van der Waals surface area contributed by atoms with Crippen LogP contribution >= 0.6 is 0 Å². The van der Waals surface area contributed by atoms with Crippen molar-refractivity contribution in [3.8, 4) is 0 Å². The lowest BCUT2D eigenvalue weighted by molar-refractivity contribution is 0.161. The van der Waals surface area contributed by atoms with E-state index in [0.717, 1.165) is 11.1 Å². The first-order chi connectivity index (χ1) is 8.83. The average Bonchev–Trinajstić information content (AvgIpc) is 2.46. The summed E-state index contributed by atoms with van der Waals surface area (Å²) in [6, 6.07) is 19.9. The van der Waals surface area contributed by atoms with Gasteiger partial charge in [0.15, 0.2) is 0 Å². The van der Waals surface area contributed by atoms with Crippen molar-refractivity contribution in [1.29, 1.82) is 0 Å². The van der Waals surface area contributed by atoms with Crippen LogP contribution in [0.25, 0.3) is 0 Å². The molecule has 0 aromatic heterocycles. The Bertz CT molecular complexity index is 488. The minimum absolute atomic E-state index is 0.00130. The van der Waals surface area contributed by atoms with Gasteiger partial charge >= 0.3 is 0 Å². The number of rotatable bonds is 4. The first-order valence-electron chi connectivity index (χ1n) is 6.23. The van der Waals surface area contributed by atoms with Gasteiger partial charge in [-0.05, 0) is 18.1 Å². The molecular formula is C17H18O. The summed E-state index contributed by atoms with van der Waals surface area (Å²) >= 11 is 0. The van der Waals surface area contributed by atoms with E-state index < -0.39 is 6.10 Å². The zero-order valence-electron chi connectivity index (χ0n) is 10.5. The molecule has 0 amide bonds. The predicted molar refractivity (Wildman–Crippen MR) is 75.4 cm³/mol. The monoisotopic (exact) mass is 238 g/mol. The van der Waals surface area contributed by atoms with Crippen molar-refractivity contribution in [2.24, 2.45) is 0 Å². The van der Waals surface area contributed by atoms with Gasteiger partial charge in [-0.25, -0.2) is 0 Å². The molecule has 2 atom stereocenters. The van der Waals surface area contributed by atoms with E-state index in [4.69, 9.17) is 0 Å². The number of hydrogen-bond acceptors (Lipinski definition) is 1. The van der Waals surface area contributed by atoms with Crippen molar-refractivity contribution >= 4 is 0 Å². The highest BCUT2D eigenvalue weighted by molar-refractivity contribution is 5.30. The Labute approximate surface area is 108 Å².